The highest BCUT2D eigenvalue weighted by Crippen LogP contribution is 2.45. The molecule has 1 heteroatoms. The van der Waals surface area contributed by atoms with Crippen LogP contribution in [0, 0.1) is 29.1 Å². The fourth-order valence-corrected chi connectivity index (χ4v) is 4.24. The minimum Gasteiger partial charge on any atom is -0.378 e. The first-order valence-corrected chi connectivity index (χ1v) is 8.73. The van der Waals surface area contributed by atoms with E-state index in [9.17, 15) is 0 Å². The summed E-state index contributed by atoms with van der Waals surface area (Å²) < 4.78 is 0. The third-order valence-corrected chi connectivity index (χ3v) is 5.26. The van der Waals surface area contributed by atoms with Gasteiger partial charge in [-0.2, -0.15) is 0 Å². The summed E-state index contributed by atoms with van der Waals surface area (Å²) in [6, 6.07) is 0.412. The van der Waals surface area contributed by atoms with E-state index in [4.69, 9.17) is 0 Å². The molecule has 122 valence electrons. The van der Waals surface area contributed by atoms with Crippen LogP contribution in [0.2, 0.25) is 0 Å². The highest BCUT2D eigenvalue weighted by molar-refractivity contribution is 5.41. The molecule has 0 radical (unpaired) electrons. The van der Waals surface area contributed by atoms with Gasteiger partial charge in [0, 0.05) is 11.6 Å². The fourth-order valence-electron chi connectivity index (χ4n) is 4.24. The molecule has 1 nitrogen and oxygen atoms in total. The lowest BCUT2D eigenvalue weighted by Crippen LogP contribution is -2.32. The molecule has 0 fully saturated rings. The monoisotopic (exact) mass is 299 g/mol. The van der Waals surface area contributed by atoms with Gasteiger partial charge in [0.05, 0.1) is 6.04 Å². The van der Waals surface area contributed by atoms with E-state index < -0.39 is 0 Å². The average molecular weight is 300 g/mol. The number of allylic oxidation sites excluding steroid dienone is 3. The molecule has 0 amide bonds. The van der Waals surface area contributed by atoms with Gasteiger partial charge in [-0.05, 0) is 41.2 Å². The van der Waals surface area contributed by atoms with Gasteiger partial charge in [-0.3, -0.25) is 0 Å². The van der Waals surface area contributed by atoms with Crippen molar-refractivity contribution in [3.05, 3.63) is 48.2 Å². The third kappa shape index (κ3) is 3.39. The normalized spacial score (nSPS) is 26.9. The van der Waals surface area contributed by atoms with Crippen LogP contribution < -0.4 is 5.32 Å². The standard InChI is InChI=1S/C21H33N/c1-8-18-20(16-11-9-10-12-19(16)22-18)15(4)17(13-14(2)3)21(5,6)7/h8-12,14-17,19,22H,1,13H2,2-7H3. The van der Waals surface area contributed by atoms with Crippen LogP contribution in [0.3, 0.4) is 0 Å². The molecular formula is C21H33N. The van der Waals surface area contributed by atoms with Crippen molar-refractivity contribution in [2.75, 3.05) is 0 Å². The Labute approximate surface area is 137 Å². The summed E-state index contributed by atoms with van der Waals surface area (Å²) in [5, 5.41) is 3.66. The fraction of sp³-hybridized carbons (Fsp3) is 0.619. The van der Waals surface area contributed by atoms with E-state index in [1.54, 1.807) is 5.57 Å². The predicted octanol–water partition coefficient (Wildman–Crippen LogP) is 5.49. The zero-order chi connectivity index (χ0) is 16.5. The molecule has 0 bridgehead atoms. The Bertz CT molecular complexity index is 498. The molecule has 2 rings (SSSR count). The van der Waals surface area contributed by atoms with E-state index >= 15 is 0 Å². The van der Waals surface area contributed by atoms with Gasteiger partial charge in [-0.15, -0.1) is 0 Å². The van der Waals surface area contributed by atoms with E-state index in [0.29, 0.717) is 29.2 Å². The van der Waals surface area contributed by atoms with Gasteiger partial charge < -0.3 is 5.32 Å². The van der Waals surface area contributed by atoms with Crippen LogP contribution in [0.15, 0.2) is 48.2 Å². The van der Waals surface area contributed by atoms with E-state index in [-0.39, 0.29) is 0 Å². The van der Waals surface area contributed by atoms with Crippen LogP contribution in [0.5, 0.6) is 0 Å². The van der Waals surface area contributed by atoms with Crippen LogP contribution in [-0.2, 0) is 0 Å². The molecular weight excluding hydrogens is 266 g/mol. The molecule has 0 saturated carbocycles. The highest BCUT2D eigenvalue weighted by atomic mass is 15.0. The van der Waals surface area contributed by atoms with Gasteiger partial charge in [-0.25, -0.2) is 0 Å². The maximum atomic E-state index is 4.05. The van der Waals surface area contributed by atoms with Crippen molar-refractivity contribution < 1.29 is 0 Å². The Hall–Kier alpha value is -1.24. The molecule has 2 aliphatic rings. The van der Waals surface area contributed by atoms with Crippen molar-refractivity contribution in [1.29, 1.82) is 0 Å². The number of hydrogen-bond donors (Lipinski definition) is 1. The predicted molar refractivity (Wildman–Crippen MR) is 97.5 cm³/mol. The topological polar surface area (TPSA) is 12.0 Å². The lowest BCUT2D eigenvalue weighted by Gasteiger charge is -2.39. The van der Waals surface area contributed by atoms with Crippen molar-refractivity contribution in [1.82, 2.24) is 5.32 Å². The second kappa shape index (κ2) is 6.48. The van der Waals surface area contributed by atoms with E-state index in [2.05, 4.69) is 77.7 Å². The molecule has 1 heterocycles. The molecule has 1 N–H and O–H groups in total. The number of fused-ring (bicyclic) bond motifs is 1. The van der Waals surface area contributed by atoms with Gasteiger partial charge in [0.25, 0.3) is 0 Å². The van der Waals surface area contributed by atoms with Crippen LogP contribution in [0.25, 0.3) is 0 Å². The van der Waals surface area contributed by atoms with E-state index in [0.717, 1.165) is 5.92 Å². The first kappa shape index (κ1) is 17.1. The van der Waals surface area contributed by atoms with Crippen molar-refractivity contribution >= 4 is 0 Å². The zero-order valence-electron chi connectivity index (χ0n) is 15.2. The van der Waals surface area contributed by atoms with Gasteiger partial charge >= 0.3 is 0 Å². The summed E-state index contributed by atoms with van der Waals surface area (Å²) in [6.07, 6.45) is 12.3. The molecule has 0 aromatic carbocycles. The summed E-state index contributed by atoms with van der Waals surface area (Å²) in [7, 11) is 0. The second-order valence-corrected chi connectivity index (χ2v) is 8.43. The molecule has 1 aliphatic heterocycles. The summed E-state index contributed by atoms with van der Waals surface area (Å²) in [6.45, 7) is 18.3. The first-order valence-electron chi connectivity index (χ1n) is 8.73. The lowest BCUT2D eigenvalue weighted by molar-refractivity contribution is 0.152. The van der Waals surface area contributed by atoms with Gasteiger partial charge in [-0.1, -0.05) is 72.4 Å². The number of hydrogen-bond acceptors (Lipinski definition) is 1. The third-order valence-electron chi connectivity index (χ3n) is 5.26. The van der Waals surface area contributed by atoms with E-state index in [1.165, 1.54) is 12.1 Å². The summed E-state index contributed by atoms with van der Waals surface area (Å²) in [4.78, 5) is 0. The molecule has 0 aromatic rings. The second-order valence-electron chi connectivity index (χ2n) is 8.43. The lowest BCUT2D eigenvalue weighted by atomic mass is 9.66. The Morgan fingerprint density at radius 3 is 2.36 bits per heavy atom. The Balaban J connectivity index is 2.35. The SMILES string of the molecule is C=CC1=C(C(C)C(CC(C)C)C(C)(C)C)C2C=CC=CC2N1. The minimum atomic E-state index is 0.315. The largest absolute Gasteiger partial charge is 0.378 e. The van der Waals surface area contributed by atoms with Crippen LogP contribution in [0.1, 0.15) is 48.0 Å². The maximum Gasteiger partial charge on any atom is 0.0548 e. The number of nitrogens with one attached hydrogen (secondary N) is 1. The number of rotatable bonds is 5. The van der Waals surface area contributed by atoms with Crippen molar-refractivity contribution in [3.63, 3.8) is 0 Å². The van der Waals surface area contributed by atoms with Gasteiger partial charge in [0.15, 0.2) is 0 Å². The van der Waals surface area contributed by atoms with Crippen molar-refractivity contribution in [3.8, 4) is 0 Å². The molecule has 1 aliphatic carbocycles. The molecule has 0 spiro atoms. The van der Waals surface area contributed by atoms with Crippen molar-refractivity contribution in [2.24, 2.45) is 29.1 Å². The van der Waals surface area contributed by atoms with Crippen LogP contribution in [0.4, 0.5) is 0 Å². The molecule has 4 unspecified atom stereocenters. The van der Waals surface area contributed by atoms with Crippen LogP contribution in [-0.4, -0.2) is 6.04 Å². The Kier molecular flexibility index (Phi) is 5.04. The molecule has 0 saturated heterocycles. The molecule has 4 atom stereocenters. The highest BCUT2D eigenvalue weighted by Gasteiger charge is 2.39. The summed E-state index contributed by atoms with van der Waals surface area (Å²) >= 11 is 0. The first-order chi connectivity index (χ1) is 10.3. The molecule has 22 heavy (non-hydrogen) atoms. The smallest absolute Gasteiger partial charge is 0.0548 e. The maximum absolute atomic E-state index is 4.05. The van der Waals surface area contributed by atoms with Gasteiger partial charge in [0.2, 0.25) is 0 Å². The summed E-state index contributed by atoms with van der Waals surface area (Å²) in [5.74, 6) is 2.46. The Morgan fingerprint density at radius 1 is 1.18 bits per heavy atom. The quantitative estimate of drug-likeness (QED) is 0.708. The molecule has 0 aromatic heterocycles. The average Bonchev–Trinajstić information content (AvgIpc) is 2.81. The zero-order valence-corrected chi connectivity index (χ0v) is 15.2. The summed E-state index contributed by atoms with van der Waals surface area (Å²) in [5.41, 5.74) is 3.13. The van der Waals surface area contributed by atoms with Crippen LogP contribution >= 0.6 is 0 Å². The Morgan fingerprint density at radius 2 is 1.82 bits per heavy atom. The van der Waals surface area contributed by atoms with Gasteiger partial charge in [0.1, 0.15) is 0 Å². The van der Waals surface area contributed by atoms with E-state index in [1.807, 2.05) is 6.08 Å². The van der Waals surface area contributed by atoms with Crippen molar-refractivity contribution in [2.45, 2.75) is 54.0 Å². The minimum absolute atomic E-state index is 0.315.